The first kappa shape index (κ1) is 17.2. The Kier molecular flexibility index (Phi) is 5.07. The third kappa shape index (κ3) is 3.41. The molecule has 0 spiro atoms. The van der Waals surface area contributed by atoms with Crippen LogP contribution in [0.15, 0.2) is 29.2 Å². The monoisotopic (exact) mass is 323 g/mol. The SMILES string of the molecule is CCC(=O)[C@@]1(C)CCCC[C@@H]1NS(=O)(=O)c1ccc(C)cc1. The fraction of sp³-hybridized carbons (Fsp3) is 0.588. The number of sulfonamides is 1. The Morgan fingerprint density at radius 3 is 2.50 bits per heavy atom. The van der Waals surface area contributed by atoms with Gasteiger partial charge in [0.15, 0.2) is 0 Å². The molecule has 0 aromatic heterocycles. The van der Waals surface area contributed by atoms with E-state index in [2.05, 4.69) is 4.72 Å². The lowest BCUT2D eigenvalue weighted by Gasteiger charge is -2.40. The van der Waals surface area contributed by atoms with Gasteiger partial charge in [0, 0.05) is 17.9 Å². The van der Waals surface area contributed by atoms with E-state index < -0.39 is 15.4 Å². The molecular formula is C17H25NO3S. The quantitative estimate of drug-likeness (QED) is 0.905. The molecule has 1 saturated carbocycles. The number of nitrogens with one attached hydrogen (secondary N) is 1. The minimum Gasteiger partial charge on any atom is -0.299 e. The first-order valence-corrected chi connectivity index (χ1v) is 9.40. The molecule has 122 valence electrons. The van der Waals surface area contributed by atoms with Crippen molar-refractivity contribution >= 4 is 15.8 Å². The molecule has 1 fully saturated rings. The lowest BCUT2D eigenvalue weighted by atomic mass is 9.69. The third-order valence-electron chi connectivity index (χ3n) is 4.79. The molecule has 1 aromatic rings. The number of hydrogen-bond donors (Lipinski definition) is 1. The second-order valence-electron chi connectivity index (χ2n) is 6.43. The van der Waals surface area contributed by atoms with E-state index in [-0.39, 0.29) is 16.7 Å². The van der Waals surface area contributed by atoms with Gasteiger partial charge in [-0.15, -0.1) is 0 Å². The average Bonchev–Trinajstić information content (AvgIpc) is 2.49. The molecular weight excluding hydrogens is 298 g/mol. The molecule has 2 atom stereocenters. The molecule has 0 bridgehead atoms. The van der Waals surface area contributed by atoms with E-state index in [0.717, 1.165) is 24.8 Å². The summed E-state index contributed by atoms with van der Waals surface area (Å²) in [5, 5.41) is 0. The molecule has 0 heterocycles. The number of hydrogen-bond acceptors (Lipinski definition) is 3. The van der Waals surface area contributed by atoms with Crippen molar-refractivity contribution in [3.63, 3.8) is 0 Å². The lowest BCUT2D eigenvalue weighted by molar-refractivity contribution is -0.130. The van der Waals surface area contributed by atoms with Crippen molar-refractivity contribution in [2.75, 3.05) is 0 Å². The predicted molar refractivity (Wildman–Crippen MR) is 87.2 cm³/mol. The first-order valence-electron chi connectivity index (χ1n) is 7.92. The van der Waals surface area contributed by atoms with Crippen LogP contribution < -0.4 is 4.72 Å². The van der Waals surface area contributed by atoms with Crippen LogP contribution in [0, 0.1) is 12.3 Å². The van der Waals surface area contributed by atoms with Gasteiger partial charge in [-0.2, -0.15) is 0 Å². The Labute approximate surface area is 133 Å². The normalized spacial score (nSPS) is 25.9. The summed E-state index contributed by atoms with van der Waals surface area (Å²) >= 11 is 0. The molecule has 1 aromatic carbocycles. The minimum absolute atomic E-state index is 0.142. The fourth-order valence-electron chi connectivity index (χ4n) is 3.23. The standard InChI is InChI=1S/C17H25NO3S/c1-4-16(19)17(3)12-6-5-7-15(17)18-22(20,21)14-10-8-13(2)9-11-14/h8-11,15,18H,4-7,12H2,1-3H3/t15-,17-/m0/s1. The highest BCUT2D eigenvalue weighted by atomic mass is 32.2. The summed E-state index contributed by atoms with van der Waals surface area (Å²) in [6, 6.07) is 6.47. The van der Waals surface area contributed by atoms with E-state index in [0.29, 0.717) is 12.8 Å². The van der Waals surface area contributed by atoms with Gasteiger partial charge in [-0.05, 0) is 31.9 Å². The van der Waals surface area contributed by atoms with Gasteiger partial charge in [-0.1, -0.05) is 44.4 Å². The molecule has 0 amide bonds. The van der Waals surface area contributed by atoms with Crippen LogP contribution in [0.5, 0.6) is 0 Å². The second kappa shape index (κ2) is 6.50. The number of carbonyl (C=O) groups is 1. The van der Waals surface area contributed by atoms with Crippen LogP contribution >= 0.6 is 0 Å². The Hall–Kier alpha value is -1.20. The lowest BCUT2D eigenvalue weighted by Crippen LogP contribution is -2.51. The summed E-state index contributed by atoms with van der Waals surface area (Å²) < 4.78 is 28.0. The molecule has 22 heavy (non-hydrogen) atoms. The van der Waals surface area contributed by atoms with Crippen LogP contribution in [0.2, 0.25) is 0 Å². The Morgan fingerprint density at radius 1 is 1.27 bits per heavy atom. The van der Waals surface area contributed by atoms with E-state index >= 15 is 0 Å². The Morgan fingerprint density at radius 2 is 1.91 bits per heavy atom. The number of aryl methyl sites for hydroxylation is 1. The summed E-state index contributed by atoms with van der Waals surface area (Å²) in [6.45, 7) is 5.66. The van der Waals surface area contributed by atoms with Crippen LogP contribution in [0.1, 0.15) is 51.5 Å². The van der Waals surface area contributed by atoms with E-state index in [4.69, 9.17) is 0 Å². The first-order chi connectivity index (χ1) is 10.3. The van der Waals surface area contributed by atoms with Crippen molar-refractivity contribution in [2.24, 2.45) is 5.41 Å². The highest BCUT2D eigenvalue weighted by Crippen LogP contribution is 2.38. The molecule has 0 saturated heterocycles. The largest absolute Gasteiger partial charge is 0.299 e. The van der Waals surface area contributed by atoms with Gasteiger partial charge in [0.25, 0.3) is 0 Å². The van der Waals surface area contributed by atoms with Gasteiger partial charge in [0.1, 0.15) is 5.78 Å². The number of ketones is 1. The maximum atomic E-state index is 12.6. The summed E-state index contributed by atoms with van der Waals surface area (Å²) in [5.74, 6) is 0.142. The fourth-order valence-corrected chi connectivity index (χ4v) is 4.62. The van der Waals surface area contributed by atoms with E-state index in [9.17, 15) is 13.2 Å². The van der Waals surface area contributed by atoms with Crippen molar-refractivity contribution in [3.8, 4) is 0 Å². The summed E-state index contributed by atoms with van der Waals surface area (Å²) in [4.78, 5) is 12.6. The minimum atomic E-state index is -3.59. The van der Waals surface area contributed by atoms with Crippen molar-refractivity contribution in [3.05, 3.63) is 29.8 Å². The maximum Gasteiger partial charge on any atom is 0.240 e. The number of benzene rings is 1. The zero-order valence-electron chi connectivity index (χ0n) is 13.6. The molecule has 1 aliphatic rings. The average molecular weight is 323 g/mol. The molecule has 0 aliphatic heterocycles. The van der Waals surface area contributed by atoms with Crippen molar-refractivity contribution in [2.45, 2.75) is 63.8 Å². The molecule has 1 aliphatic carbocycles. The topological polar surface area (TPSA) is 63.2 Å². The second-order valence-corrected chi connectivity index (χ2v) is 8.14. The van der Waals surface area contributed by atoms with Gasteiger partial charge in [0.05, 0.1) is 4.90 Å². The van der Waals surface area contributed by atoms with Crippen molar-refractivity contribution < 1.29 is 13.2 Å². The maximum absolute atomic E-state index is 12.6. The van der Waals surface area contributed by atoms with Gasteiger partial charge in [0.2, 0.25) is 10.0 Å². The third-order valence-corrected chi connectivity index (χ3v) is 6.28. The molecule has 0 unspecified atom stereocenters. The van der Waals surface area contributed by atoms with Gasteiger partial charge >= 0.3 is 0 Å². The highest BCUT2D eigenvalue weighted by molar-refractivity contribution is 7.89. The summed E-state index contributed by atoms with van der Waals surface area (Å²) in [6.07, 6.45) is 3.84. The molecule has 1 N–H and O–H groups in total. The highest BCUT2D eigenvalue weighted by Gasteiger charge is 2.43. The van der Waals surface area contributed by atoms with Gasteiger partial charge in [-0.3, -0.25) is 4.79 Å². The zero-order chi connectivity index (χ0) is 16.4. The predicted octanol–water partition coefficient (Wildman–Crippen LogP) is 3.20. The summed E-state index contributed by atoms with van der Waals surface area (Å²) in [5.41, 5.74) is 0.424. The van der Waals surface area contributed by atoms with Crippen LogP contribution in [0.4, 0.5) is 0 Å². The van der Waals surface area contributed by atoms with Crippen LogP contribution in [0.3, 0.4) is 0 Å². The molecule has 0 radical (unpaired) electrons. The van der Waals surface area contributed by atoms with E-state index in [1.54, 1.807) is 24.3 Å². The zero-order valence-corrected chi connectivity index (χ0v) is 14.4. The number of rotatable bonds is 5. The molecule has 5 heteroatoms. The molecule has 4 nitrogen and oxygen atoms in total. The van der Waals surface area contributed by atoms with Gasteiger partial charge in [-0.25, -0.2) is 13.1 Å². The number of Topliss-reactive ketones (excluding diaryl/α,β-unsaturated/α-hetero) is 1. The van der Waals surface area contributed by atoms with E-state index in [1.807, 2.05) is 20.8 Å². The van der Waals surface area contributed by atoms with Crippen molar-refractivity contribution in [1.29, 1.82) is 0 Å². The van der Waals surface area contributed by atoms with Gasteiger partial charge < -0.3 is 0 Å². The number of carbonyl (C=O) groups excluding carboxylic acids is 1. The Bertz CT molecular complexity index is 636. The smallest absolute Gasteiger partial charge is 0.240 e. The molecule has 2 rings (SSSR count). The van der Waals surface area contributed by atoms with Crippen molar-refractivity contribution in [1.82, 2.24) is 4.72 Å². The van der Waals surface area contributed by atoms with Crippen LogP contribution in [0.25, 0.3) is 0 Å². The Balaban J connectivity index is 2.26. The van der Waals surface area contributed by atoms with E-state index in [1.165, 1.54) is 0 Å². The van der Waals surface area contributed by atoms with Crippen LogP contribution in [-0.4, -0.2) is 20.2 Å². The summed E-state index contributed by atoms with van der Waals surface area (Å²) in [7, 11) is -3.59. The van der Waals surface area contributed by atoms with Crippen LogP contribution in [-0.2, 0) is 14.8 Å².